The minimum absolute atomic E-state index is 0.0313. The zero-order valence-electron chi connectivity index (χ0n) is 13.1. The highest BCUT2D eigenvalue weighted by Gasteiger charge is 2.12. The molecule has 0 heterocycles. The molecule has 1 atom stereocenters. The molecule has 3 nitrogen and oxygen atoms in total. The van der Waals surface area contributed by atoms with E-state index in [1.165, 1.54) is 5.39 Å². The van der Waals surface area contributed by atoms with Crippen molar-refractivity contribution in [2.24, 2.45) is 0 Å². The van der Waals surface area contributed by atoms with E-state index >= 15 is 0 Å². The van der Waals surface area contributed by atoms with Crippen LogP contribution in [0, 0.1) is 0 Å². The molecule has 2 N–H and O–H groups in total. The zero-order valence-corrected chi connectivity index (χ0v) is 13.1. The molecule has 0 aliphatic heterocycles. The van der Waals surface area contributed by atoms with Gasteiger partial charge in [0.25, 0.3) is 0 Å². The summed E-state index contributed by atoms with van der Waals surface area (Å²) < 4.78 is 0. The fourth-order valence-electron chi connectivity index (χ4n) is 2.48. The number of anilines is 1. The Morgan fingerprint density at radius 2 is 1.61 bits per heavy atom. The molecule has 0 spiro atoms. The molecule has 3 aromatic rings. The van der Waals surface area contributed by atoms with Gasteiger partial charge in [-0.1, -0.05) is 60.7 Å². The summed E-state index contributed by atoms with van der Waals surface area (Å²) in [5.41, 5.74) is 1.99. The number of hydrogen-bond donors (Lipinski definition) is 2. The second-order valence-corrected chi connectivity index (χ2v) is 5.64. The lowest BCUT2D eigenvalue weighted by Gasteiger charge is -2.14. The fraction of sp³-hybridized carbons (Fsp3) is 0.150. The highest BCUT2D eigenvalue weighted by atomic mass is 16.2. The Labute approximate surface area is 136 Å². The van der Waals surface area contributed by atoms with E-state index in [1.807, 2.05) is 73.7 Å². The minimum Gasteiger partial charge on any atom is -0.325 e. The standard InChI is InChI=1S/C20H20N2O/c1-15(21-14-16-7-3-2-4-8-16)20(23)22-19-12-11-17-9-5-6-10-18(17)13-19/h2-13,15,21H,14H2,1H3,(H,22,23)/t15-/m0/s1. The van der Waals surface area contributed by atoms with E-state index in [4.69, 9.17) is 0 Å². The lowest BCUT2D eigenvalue weighted by atomic mass is 10.1. The van der Waals surface area contributed by atoms with Crippen LogP contribution in [0.2, 0.25) is 0 Å². The summed E-state index contributed by atoms with van der Waals surface area (Å²) in [5.74, 6) is -0.0313. The first-order chi connectivity index (χ1) is 11.2. The molecule has 0 fully saturated rings. The average Bonchev–Trinajstić information content (AvgIpc) is 2.60. The van der Waals surface area contributed by atoms with Crippen molar-refractivity contribution in [1.29, 1.82) is 0 Å². The fourth-order valence-corrected chi connectivity index (χ4v) is 2.48. The van der Waals surface area contributed by atoms with Crippen molar-refractivity contribution in [3.8, 4) is 0 Å². The van der Waals surface area contributed by atoms with Gasteiger partial charge in [0.05, 0.1) is 6.04 Å². The average molecular weight is 304 g/mol. The van der Waals surface area contributed by atoms with E-state index in [0.29, 0.717) is 6.54 Å². The molecular weight excluding hydrogens is 284 g/mol. The molecule has 0 bridgehead atoms. The summed E-state index contributed by atoms with van der Waals surface area (Å²) in [6, 6.07) is 23.9. The molecule has 23 heavy (non-hydrogen) atoms. The van der Waals surface area contributed by atoms with Crippen LogP contribution in [0.4, 0.5) is 5.69 Å². The topological polar surface area (TPSA) is 41.1 Å². The monoisotopic (exact) mass is 304 g/mol. The van der Waals surface area contributed by atoms with Gasteiger partial charge in [-0.15, -0.1) is 0 Å². The Bertz CT molecular complexity index is 799. The largest absolute Gasteiger partial charge is 0.325 e. The van der Waals surface area contributed by atoms with Gasteiger partial charge in [0, 0.05) is 12.2 Å². The quantitative estimate of drug-likeness (QED) is 0.749. The highest BCUT2D eigenvalue weighted by molar-refractivity contribution is 5.97. The predicted molar refractivity (Wildman–Crippen MR) is 95.3 cm³/mol. The van der Waals surface area contributed by atoms with Gasteiger partial charge in [0.2, 0.25) is 5.91 Å². The van der Waals surface area contributed by atoms with E-state index in [9.17, 15) is 4.79 Å². The van der Waals surface area contributed by atoms with Crippen LogP contribution in [-0.4, -0.2) is 11.9 Å². The predicted octanol–water partition coefficient (Wildman–Crippen LogP) is 3.96. The van der Waals surface area contributed by atoms with Gasteiger partial charge in [-0.2, -0.15) is 0 Å². The highest BCUT2D eigenvalue weighted by Crippen LogP contribution is 2.18. The normalized spacial score (nSPS) is 12.0. The van der Waals surface area contributed by atoms with Gasteiger partial charge in [-0.25, -0.2) is 0 Å². The maximum Gasteiger partial charge on any atom is 0.241 e. The summed E-state index contributed by atoms with van der Waals surface area (Å²) >= 11 is 0. The van der Waals surface area contributed by atoms with E-state index in [1.54, 1.807) is 0 Å². The number of carbonyl (C=O) groups is 1. The van der Waals surface area contributed by atoms with Crippen molar-refractivity contribution in [1.82, 2.24) is 5.32 Å². The first-order valence-electron chi connectivity index (χ1n) is 7.79. The summed E-state index contributed by atoms with van der Waals surface area (Å²) in [6.07, 6.45) is 0. The maximum atomic E-state index is 12.3. The summed E-state index contributed by atoms with van der Waals surface area (Å²) in [5, 5.41) is 8.50. The Balaban J connectivity index is 1.60. The molecule has 0 saturated heterocycles. The smallest absolute Gasteiger partial charge is 0.241 e. The molecular formula is C20H20N2O. The second kappa shape index (κ2) is 7.07. The number of fused-ring (bicyclic) bond motifs is 1. The van der Waals surface area contributed by atoms with Gasteiger partial charge in [-0.05, 0) is 35.4 Å². The number of amides is 1. The van der Waals surface area contributed by atoms with Gasteiger partial charge < -0.3 is 10.6 Å². The number of carbonyl (C=O) groups excluding carboxylic acids is 1. The molecule has 0 aliphatic rings. The van der Waals surface area contributed by atoms with Crippen LogP contribution < -0.4 is 10.6 Å². The summed E-state index contributed by atoms with van der Waals surface area (Å²) in [7, 11) is 0. The van der Waals surface area contributed by atoms with Crippen LogP contribution in [0.15, 0.2) is 72.8 Å². The molecule has 0 radical (unpaired) electrons. The van der Waals surface area contributed by atoms with Crippen molar-refractivity contribution < 1.29 is 4.79 Å². The number of hydrogen-bond acceptors (Lipinski definition) is 2. The molecule has 3 aromatic carbocycles. The molecule has 3 rings (SSSR count). The summed E-state index contributed by atoms with van der Waals surface area (Å²) in [6.45, 7) is 2.55. The van der Waals surface area contributed by atoms with Crippen LogP contribution in [0.5, 0.6) is 0 Å². The van der Waals surface area contributed by atoms with Gasteiger partial charge in [0.15, 0.2) is 0 Å². The van der Waals surface area contributed by atoms with Crippen molar-refractivity contribution >= 4 is 22.4 Å². The van der Waals surface area contributed by atoms with Crippen molar-refractivity contribution in [3.05, 3.63) is 78.4 Å². The zero-order chi connectivity index (χ0) is 16.1. The molecule has 0 aliphatic carbocycles. The van der Waals surface area contributed by atoms with Crippen LogP contribution in [0.3, 0.4) is 0 Å². The van der Waals surface area contributed by atoms with E-state index in [2.05, 4.69) is 16.7 Å². The Morgan fingerprint density at radius 1 is 0.913 bits per heavy atom. The van der Waals surface area contributed by atoms with Crippen LogP contribution in [0.25, 0.3) is 10.8 Å². The third-order valence-electron chi connectivity index (χ3n) is 3.87. The van der Waals surface area contributed by atoms with Gasteiger partial charge in [0.1, 0.15) is 0 Å². The first kappa shape index (κ1) is 15.3. The van der Waals surface area contributed by atoms with E-state index in [0.717, 1.165) is 16.6 Å². The number of rotatable bonds is 5. The van der Waals surface area contributed by atoms with Crippen LogP contribution in [0.1, 0.15) is 12.5 Å². The van der Waals surface area contributed by atoms with Crippen molar-refractivity contribution in [2.75, 3.05) is 5.32 Å². The lowest BCUT2D eigenvalue weighted by molar-refractivity contribution is -0.117. The van der Waals surface area contributed by atoms with Gasteiger partial charge >= 0.3 is 0 Å². The molecule has 116 valence electrons. The molecule has 1 amide bonds. The molecule has 0 aromatic heterocycles. The third-order valence-corrected chi connectivity index (χ3v) is 3.87. The SMILES string of the molecule is C[C@H](NCc1ccccc1)C(=O)Nc1ccc2ccccc2c1. The Hall–Kier alpha value is -2.65. The molecule has 3 heteroatoms. The van der Waals surface area contributed by atoms with Crippen LogP contribution >= 0.6 is 0 Å². The minimum atomic E-state index is -0.262. The van der Waals surface area contributed by atoms with Crippen molar-refractivity contribution in [2.45, 2.75) is 19.5 Å². The Kier molecular flexibility index (Phi) is 4.69. The first-order valence-corrected chi connectivity index (χ1v) is 7.79. The van der Waals surface area contributed by atoms with E-state index in [-0.39, 0.29) is 11.9 Å². The van der Waals surface area contributed by atoms with Crippen molar-refractivity contribution in [3.63, 3.8) is 0 Å². The van der Waals surface area contributed by atoms with Crippen LogP contribution in [-0.2, 0) is 11.3 Å². The lowest BCUT2D eigenvalue weighted by Crippen LogP contribution is -2.37. The maximum absolute atomic E-state index is 12.3. The Morgan fingerprint density at radius 3 is 2.39 bits per heavy atom. The third kappa shape index (κ3) is 3.96. The van der Waals surface area contributed by atoms with E-state index < -0.39 is 0 Å². The summed E-state index contributed by atoms with van der Waals surface area (Å²) in [4.78, 5) is 12.3. The van der Waals surface area contributed by atoms with Gasteiger partial charge in [-0.3, -0.25) is 4.79 Å². The second-order valence-electron chi connectivity index (χ2n) is 5.64. The molecule has 0 unspecified atom stereocenters. The number of benzene rings is 3. The molecule has 0 saturated carbocycles. The number of nitrogens with one attached hydrogen (secondary N) is 2.